The minimum atomic E-state index is -0.0577. The van der Waals surface area contributed by atoms with Gasteiger partial charge in [0, 0.05) is 50.2 Å². The highest BCUT2D eigenvalue weighted by molar-refractivity contribution is 5.95. The summed E-state index contributed by atoms with van der Waals surface area (Å²) in [4.78, 5) is 24.0. The summed E-state index contributed by atoms with van der Waals surface area (Å²) in [7, 11) is 1.86. The maximum absolute atomic E-state index is 13.2. The molecule has 1 unspecified atom stereocenters. The van der Waals surface area contributed by atoms with Gasteiger partial charge in [-0.1, -0.05) is 47.6 Å². The number of amides is 1. The number of likely N-dealkylation sites (tertiary alicyclic amines) is 1. The van der Waals surface area contributed by atoms with E-state index >= 15 is 0 Å². The van der Waals surface area contributed by atoms with Crippen LogP contribution in [0.5, 0.6) is 0 Å². The fraction of sp³-hybridized carbons (Fsp3) is 0.222. The van der Waals surface area contributed by atoms with Crippen molar-refractivity contribution in [1.29, 1.82) is 0 Å². The van der Waals surface area contributed by atoms with Crippen molar-refractivity contribution in [3.05, 3.63) is 78.4 Å². The molecule has 0 bridgehead atoms. The van der Waals surface area contributed by atoms with Gasteiger partial charge in [-0.25, -0.2) is 4.98 Å². The summed E-state index contributed by atoms with van der Waals surface area (Å²) in [5, 5.41) is 14.1. The first-order valence-electron chi connectivity index (χ1n) is 11.9. The Hall–Kier alpha value is -4.53. The number of carbonyl (C=O) groups is 1. The predicted molar refractivity (Wildman–Crippen MR) is 136 cm³/mol. The van der Waals surface area contributed by atoms with Crippen LogP contribution >= 0.6 is 0 Å². The highest BCUT2D eigenvalue weighted by atomic mass is 16.5. The van der Waals surface area contributed by atoms with E-state index in [1.54, 1.807) is 17.8 Å². The smallest absolute Gasteiger partial charge is 0.274 e. The number of anilines is 1. The molecule has 1 aliphatic rings. The summed E-state index contributed by atoms with van der Waals surface area (Å²) in [6, 6.07) is 19.9. The molecule has 1 fully saturated rings. The van der Waals surface area contributed by atoms with E-state index in [0.717, 1.165) is 39.8 Å². The van der Waals surface area contributed by atoms with Gasteiger partial charge in [0.2, 0.25) is 11.7 Å². The average Bonchev–Trinajstić information content (AvgIpc) is 3.64. The van der Waals surface area contributed by atoms with Crippen molar-refractivity contribution >= 4 is 22.5 Å². The van der Waals surface area contributed by atoms with Gasteiger partial charge in [0.25, 0.3) is 5.91 Å². The van der Waals surface area contributed by atoms with Gasteiger partial charge in [-0.05, 0) is 35.6 Å². The molecule has 0 saturated carbocycles. The quantitative estimate of drug-likeness (QED) is 0.400. The van der Waals surface area contributed by atoms with Crippen molar-refractivity contribution in [2.45, 2.75) is 19.4 Å². The predicted octanol–water partition coefficient (Wildman–Crippen LogP) is 4.32. The maximum Gasteiger partial charge on any atom is 0.274 e. The first-order chi connectivity index (χ1) is 17.5. The summed E-state index contributed by atoms with van der Waals surface area (Å²) in [6.45, 7) is 3.01. The van der Waals surface area contributed by atoms with E-state index in [9.17, 15) is 4.79 Å². The third-order valence-corrected chi connectivity index (χ3v) is 6.54. The van der Waals surface area contributed by atoms with Gasteiger partial charge >= 0.3 is 0 Å². The van der Waals surface area contributed by atoms with Crippen molar-refractivity contribution in [3.63, 3.8) is 0 Å². The van der Waals surface area contributed by atoms with Crippen molar-refractivity contribution < 1.29 is 9.32 Å². The monoisotopic (exact) mass is 479 g/mol. The van der Waals surface area contributed by atoms with Crippen molar-refractivity contribution in [2.24, 2.45) is 7.05 Å². The largest absolute Gasteiger partial charge is 0.365 e. The molecule has 0 radical (unpaired) electrons. The second-order valence-electron chi connectivity index (χ2n) is 9.02. The summed E-state index contributed by atoms with van der Waals surface area (Å²) in [5.74, 6) is 1.79. The first kappa shape index (κ1) is 22.0. The van der Waals surface area contributed by atoms with Crippen molar-refractivity contribution in [1.82, 2.24) is 29.8 Å². The lowest BCUT2D eigenvalue weighted by molar-refractivity contribution is 0.0785. The number of aryl methyl sites for hydroxylation is 2. The average molecular weight is 480 g/mol. The molecule has 9 heteroatoms. The maximum atomic E-state index is 13.2. The molecule has 4 heterocycles. The van der Waals surface area contributed by atoms with Crippen molar-refractivity contribution in [3.8, 4) is 22.6 Å². The lowest BCUT2D eigenvalue weighted by Gasteiger charge is -2.17. The molecule has 36 heavy (non-hydrogen) atoms. The van der Waals surface area contributed by atoms with Crippen LogP contribution in [0.2, 0.25) is 0 Å². The van der Waals surface area contributed by atoms with Gasteiger partial charge in [-0.15, -0.1) is 0 Å². The van der Waals surface area contributed by atoms with E-state index < -0.39 is 0 Å². The first-order valence-corrected chi connectivity index (χ1v) is 11.9. The molecular formula is C27H25N7O2. The van der Waals surface area contributed by atoms with E-state index in [4.69, 9.17) is 4.52 Å². The number of hydrogen-bond acceptors (Lipinski definition) is 7. The summed E-state index contributed by atoms with van der Waals surface area (Å²) < 4.78 is 6.90. The molecule has 0 spiro atoms. The second kappa shape index (κ2) is 8.92. The number of nitrogens with zero attached hydrogens (tertiary/aromatic N) is 6. The second-order valence-corrected chi connectivity index (χ2v) is 9.02. The normalized spacial score (nSPS) is 15.5. The van der Waals surface area contributed by atoms with Crippen LogP contribution in [-0.2, 0) is 7.05 Å². The van der Waals surface area contributed by atoms with Crippen LogP contribution in [0.4, 0.5) is 5.82 Å². The number of aromatic nitrogens is 5. The van der Waals surface area contributed by atoms with Crippen LogP contribution in [0, 0.1) is 6.92 Å². The molecule has 9 nitrogen and oxygen atoms in total. The molecule has 6 rings (SSSR count). The van der Waals surface area contributed by atoms with Crippen molar-refractivity contribution in [2.75, 3.05) is 18.4 Å². The van der Waals surface area contributed by atoms with Gasteiger partial charge in [0.15, 0.2) is 5.69 Å². The van der Waals surface area contributed by atoms with Gasteiger partial charge in [0.1, 0.15) is 5.82 Å². The molecule has 1 aliphatic heterocycles. The molecular weight excluding hydrogens is 454 g/mol. The standard InChI is InChI=1S/C27H25N7O2/c1-17-29-25(32-36-17)20-9-8-18-10-12-28-26(22(18)14-20)30-21-11-13-34(16-21)27(35)23-15-24(33(2)31-23)19-6-4-3-5-7-19/h3-10,12,14-15,21H,11,13,16H2,1-2H3,(H,28,30). The van der Waals surface area contributed by atoms with Crippen LogP contribution in [0.25, 0.3) is 33.4 Å². The van der Waals surface area contributed by atoms with Gasteiger partial charge in [-0.3, -0.25) is 9.48 Å². The molecule has 180 valence electrons. The van der Waals surface area contributed by atoms with Gasteiger partial charge < -0.3 is 14.7 Å². The van der Waals surface area contributed by atoms with E-state index in [1.807, 2.05) is 72.6 Å². The van der Waals surface area contributed by atoms with Crippen LogP contribution in [-0.4, -0.2) is 54.8 Å². The Kier molecular flexibility index (Phi) is 5.44. The highest BCUT2D eigenvalue weighted by Crippen LogP contribution is 2.28. The van der Waals surface area contributed by atoms with Crippen LogP contribution in [0.3, 0.4) is 0 Å². The lowest BCUT2D eigenvalue weighted by Crippen LogP contribution is -2.32. The molecule has 1 amide bonds. The van der Waals surface area contributed by atoms with Crippen LogP contribution < -0.4 is 5.32 Å². The number of nitrogens with one attached hydrogen (secondary N) is 1. The zero-order valence-electron chi connectivity index (χ0n) is 20.0. The Morgan fingerprint density at radius 2 is 1.94 bits per heavy atom. The van der Waals surface area contributed by atoms with E-state index in [1.165, 1.54) is 0 Å². The Morgan fingerprint density at radius 3 is 2.75 bits per heavy atom. The SMILES string of the molecule is Cc1nc(-c2ccc3ccnc(NC4CCN(C(=O)c5cc(-c6ccccc6)n(C)n5)C4)c3c2)no1. The van der Waals surface area contributed by atoms with Gasteiger partial charge in [0.05, 0.1) is 5.69 Å². The number of pyridine rings is 1. The lowest BCUT2D eigenvalue weighted by atomic mass is 10.1. The fourth-order valence-electron chi connectivity index (χ4n) is 4.71. The minimum absolute atomic E-state index is 0.0577. The minimum Gasteiger partial charge on any atom is -0.365 e. The Bertz CT molecular complexity index is 1560. The number of benzene rings is 2. The molecule has 2 aromatic carbocycles. The molecule has 3 aromatic heterocycles. The van der Waals surface area contributed by atoms with E-state index in [0.29, 0.717) is 30.5 Å². The van der Waals surface area contributed by atoms with Crippen LogP contribution in [0.1, 0.15) is 22.8 Å². The Labute approximate surface area is 207 Å². The zero-order valence-corrected chi connectivity index (χ0v) is 20.0. The third-order valence-electron chi connectivity index (χ3n) is 6.54. The number of fused-ring (bicyclic) bond motifs is 1. The number of rotatable bonds is 5. The zero-order chi connectivity index (χ0) is 24.6. The molecule has 5 aromatic rings. The van der Waals surface area contributed by atoms with E-state index in [-0.39, 0.29) is 11.9 Å². The van der Waals surface area contributed by atoms with Crippen LogP contribution in [0.15, 0.2) is 71.4 Å². The van der Waals surface area contributed by atoms with Gasteiger partial charge in [-0.2, -0.15) is 10.1 Å². The number of carbonyl (C=O) groups excluding carboxylic acids is 1. The third kappa shape index (κ3) is 4.08. The number of hydrogen-bond donors (Lipinski definition) is 1. The highest BCUT2D eigenvalue weighted by Gasteiger charge is 2.29. The summed E-state index contributed by atoms with van der Waals surface area (Å²) >= 11 is 0. The molecule has 0 aliphatic carbocycles. The summed E-state index contributed by atoms with van der Waals surface area (Å²) in [5.41, 5.74) is 3.27. The molecule has 1 atom stereocenters. The molecule has 1 N–H and O–H groups in total. The van der Waals surface area contributed by atoms with E-state index in [2.05, 4.69) is 25.5 Å². The Morgan fingerprint density at radius 1 is 1.08 bits per heavy atom. The Balaban J connectivity index is 1.20. The fourth-order valence-corrected chi connectivity index (χ4v) is 4.71. The molecule has 1 saturated heterocycles. The summed E-state index contributed by atoms with van der Waals surface area (Å²) in [6.07, 6.45) is 2.62. The topological polar surface area (TPSA) is 102 Å².